The van der Waals surface area contributed by atoms with Gasteiger partial charge < -0.3 is 14.6 Å². The van der Waals surface area contributed by atoms with Crippen molar-refractivity contribution < 1.29 is 9.53 Å². The smallest absolute Gasteiger partial charge is 0.266 e. The van der Waals surface area contributed by atoms with Crippen LogP contribution in [0.2, 0.25) is 0 Å². The number of methoxy groups -OCH3 is 1. The molecule has 1 aliphatic heterocycles. The Labute approximate surface area is 173 Å². The molecule has 1 aliphatic rings. The first-order chi connectivity index (χ1) is 14.1. The summed E-state index contributed by atoms with van der Waals surface area (Å²) < 4.78 is 5.22. The molecular formula is C23H21N3O2S. The lowest BCUT2D eigenvalue weighted by Crippen LogP contribution is -2.35. The number of aromatic nitrogens is 2. The fourth-order valence-electron chi connectivity index (χ4n) is 3.94. The average molecular weight is 404 g/mol. The number of fused-ring (bicyclic) bond motifs is 3. The molecule has 0 unspecified atom stereocenters. The lowest BCUT2D eigenvalue weighted by atomic mass is 10.0. The van der Waals surface area contributed by atoms with E-state index in [2.05, 4.69) is 22.1 Å². The van der Waals surface area contributed by atoms with Gasteiger partial charge in [-0.25, -0.2) is 4.98 Å². The second kappa shape index (κ2) is 7.04. The van der Waals surface area contributed by atoms with Crippen molar-refractivity contribution in [3.8, 4) is 16.3 Å². The summed E-state index contributed by atoms with van der Waals surface area (Å²) in [5.74, 6) is 0.872. The SMILES string of the molecule is COc1ccc(-c2nc(C)c(C(=O)N3CCc4[nH]c5ccccc5c4C3)s2)cc1. The van der Waals surface area contributed by atoms with Gasteiger partial charge in [-0.15, -0.1) is 11.3 Å². The van der Waals surface area contributed by atoms with E-state index in [0.29, 0.717) is 13.1 Å². The van der Waals surface area contributed by atoms with Gasteiger partial charge in [0.2, 0.25) is 0 Å². The maximum atomic E-state index is 13.3. The Hall–Kier alpha value is -3.12. The summed E-state index contributed by atoms with van der Waals surface area (Å²) in [4.78, 5) is 24.1. The summed E-state index contributed by atoms with van der Waals surface area (Å²) >= 11 is 1.46. The number of hydrogen-bond acceptors (Lipinski definition) is 4. The van der Waals surface area contributed by atoms with Crippen molar-refractivity contribution in [1.29, 1.82) is 0 Å². The van der Waals surface area contributed by atoms with E-state index in [1.807, 2.05) is 48.2 Å². The predicted octanol–water partition coefficient (Wildman–Crippen LogP) is 4.81. The molecule has 2 aromatic heterocycles. The van der Waals surface area contributed by atoms with E-state index in [1.54, 1.807) is 7.11 Å². The first kappa shape index (κ1) is 17.9. The number of carbonyl (C=O) groups is 1. The monoisotopic (exact) mass is 403 g/mol. The van der Waals surface area contributed by atoms with E-state index in [-0.39, 0.29) is 5.91 Å². The minimum absolute atomic E-state index is 0.0655. The van der Waals surface area contributed by atoms with Crippen LogP contribution in [0.4, 0.5) is 0 Å². The third-order valence-electron chi connectivity index (χ3n) is 5.50. The molecule has 0 atom stereocenters. The van der Waals surface area contributed by atoms with E-state index in [9.17, 15) is 4.79 Å². The summed E-state index contributed by atoms with van der Waals surface area (Å²) in [7, 11) is 1.65. The fourth-order valence-corrected chi connectivity index (χ4v) is 4.97. The first-order valence-electron chi connectivity index (χ1n) is 9.63. The molecular weight excluding hydrogens is 382 g/mol. The molecule has 1 amide bonds. The zero-order chi connectivity index (χ0) is 20.0. The Bertz CT molecular complexity index is 1210. The number of hydrogen-bond donors (Lipinski definition) is 1. The van der Waals surface area contributed by atoms with E-state index in [1.165, 1.54) is 28.0 Å². The molecule has 5 nitrogen and oxygen atoms in total. The zero-order valence-electron chi connectivity index (χ0n) is 16.4. The summed E-state index contributed by atoms with van der Waals surface area (Å²) in [6.45, 7) is 3.26. The number of benzene rings is 2. The van der Waals surface area contributed by atoms with Gasteiger partial charge in [0.25, 0.3) is 5.91 Å². The Balaban J connectivity index is 1.43. The summed E-state index contributed by atoms with van der Waals surface area (Å²) in [6.07, 6.45) is 0.846. The van der Waals surface area contributed by atoms with E-state index in [4.69, 9.17) is 4.74 Å². The van der Waals surface area contributed by atoms with Crippen molar-refractivity contribution in [3.05, 3.63) is 70.4 Å². The van der Waals surface area contributed by atoms with Crippen molar-refractivity contribution in [2.75, 3.05) is 13.7 Å². The number of nitrogens with one attached hydrogen (secondary N) is 1. The molecule has 0 saturated heterocycles. The van der Waals surface area contributed by atoms with Gasteiger partial charge in [0.15, 0.2) is 0 Å². The second-order valence-electron chi connectivity index (χ2n) is 7.27. The number of rotatable bonds is 3. The van der Waals surface area contributed by atoms with Crippen molar-refractivity contribution in [2.45, 2.75) is 19.9 Å². The topological polar surface area (TPSA) is 58.2 Å². The molecule has 6 heteroatoms. The highest BCUT2D eigenvalue weighted by Crippen LogP contribution is 2.32. The maximum absolute atomic E-state index is 13.3. The average Bonchev–Trinajstić information content (AvgIpc) is 3.33. The van der Waals surface area contributed by atoms with Gasteiger partial charge in [-0.05, 0) is 37.3 Å². The van der Waals surface area contributed by atoms with Gasteiger partial charge in [-0.2, -0.15) is 0 Å². The Morgan fingerprint density at radius 2 is 1.97 bits per heavy atom. The molecule has 0 radical (unpaired) electrons. The van der Waals surface area contributed by atoms with Crippen LogP contribution in [0, 0.1) is 6.92 Å². The Morgan fingerprint density at radius 1 is 1.17 bits per heavy atom. The van der Waals surface area contributed by atoms with E-state index in [0.717, 1.165) is 38.8 Å². The van der Waals surface area contributed by atoms with Gasteiger partial charge in [-0.3, -0.25) is 4.79 Å². The first-order valence-corrected chi connectivity index (χ1v) is 10.5. The Morgan fingerprint density at radius 3 is 2.76 bits per heavy atom. The minimum Gasteiger partial charge on any atom is -0.497 e. The number of thiazole rings is 1. The van der Waals surface area contributed by atoms with Crippen molar-refractivity contribution in [3.63, 3.8) is 0 Å². The third kappa shape index (κ3) is 3.09. The van der Waals surface area contributed by atoms with Gasteiger partial charge >= 0.3 is 0 Å². The molecule has 0 spiro atoms. The van der Waals surface area contributed by atoms with Crippen LogP contribution < -0.4 is 4.74 Å². The van der Waals surface area contributed by atoms with Crippen LogP contribution in [0.25, 0.3) is 21.5 Å². The molecule has 0 aliphatic carbocycles. The quantitative estimate of drug-likeness (QED) is 0.534. The number of aromatic amines is 1. The van der Waals surface area contributed by atoms with Crippen LogP contribution in [0.5, 0.6) is 5.75 Å². The maximum Gasteiger partial charge on any atom is 0.266 e. The Kier molecular flexibility index (Phi) is 4.36. The van der Waals surface area contributed by atoms with Crippen LogP contribution in [-0.4, -0.2) is 34.4 Å². The third-order valence-corrected chi connectivity index (χ3v) is 6.69. The molecule has 1 N–H and O–H groups in total. The molecule has 0 bridgehead atoms. The molecule has 2 aromatic carbocycles. The number of ether oxygens (including phenoxy) is 1. The number of amides is 1. The van der Waals surface area contributed by atoms with E-state index < -0.39 is 0 Å². The highest BCUT2D eigenvalue weighted by atomic mass is 32.1. The number of carbonyl (C=O) groups excluding carboxylic acids is 1. The molecule has 0 saturated carbocycles. The van der Waals surface area contributed by atoms with E-state index >= 15 is 0 Å². The van der Waals surface area contributed by atoms with Crippen LogP contribution in [0.1, 0.15) is 26.6 Å². The minimum atomic E-state index is 0.0655. The molecule has 0 fully saturated rings. The largest absolute Gasteiger partial charge is 0.497 e. The number of para-hydroxylation sites is 1. The molecule has 146 valence electrons. The van der Waals surface area contributed by atoms with Crippen LogP contribution in [-0.2, 0) is 13.0 Å². The van der Waals surface area contributed by atoms with Crippen molar-refractivity contribution in [2.24, 2.45) is 0 Å². The normalized spacial score (nSPS) is 13.5. The van der Waals surface area contributed by atoms with Crippen molar-refractivity contribution >= 4 is 28.1 Å². The number of nitrogens with zero attached hydrogens (tertiary/aromatic N) is 2. The molecule has 3 heterocycles. The molecule has 5 rings (SSSR count). The molecule has 29 heavy (non-hydrogen) atoms. The van der Waals surface area contributed by atoms with Gasteiger partial charge in [-0.1, -0.05) is 18.2 Å². The van der Waals surface area contributed by atoms with Crippen LogP contribution in [0.3, 0.4) is 0 Å². The second-order valence-corrected chi connectivity index (χ2v) is 8.27. The van der Waals surface area contributed by atoms with Crippen LogP contribution >= 0.6 is 11.3 Å². The summed E-state index contributed by atoms with van der Waals surface area (Å²) in [6, 6.07) is 16.1. The molecule has 4 aromatic rings. The fraction of sp³-hybridized carbons (Fsp3) is 0.217. The highest BCUT2D eigenvalue weighted by Gasteiger charge is 2.27. The van der Waals surface area contributed by atoms with Crippen molar-refractivity contribution in [1.82, 2.24) is 14.9 Å². The summed E-state index contributed by atoms with van der Waals surface area (Å²) in [5, 5.41) is 2.07. The number of aryl methyl sites for hydroxylation is 1. The number of H-pyrrole nitrogens is 1. The van der Waals surface area contributed by atoms with Gasteiger partial charge in [0.05, 0.1) is 12.8 Å². The van der Waals surface area contributed by atoms with Crippen LogP contribution in [0.15, 0.2) is 48.5 Å². The lowest BCUT2D eigenvalue weighted by molar-refractivity contribution is 0.0739. The summed E-state index contributed by atoms with van der Waals surface area (Å²) in [5.41, 5.74) is 5.40. The van der Waals surface area contributed by atoms with Gasteiger partial charge in [0.1, 0.15) is 15.6 Å². The standard InChI is InChI=1S/C23H21N3O2S/c1-14-21(29-22(24-14)15-7-9-16(28-2)10-8-15)23(27)26-12-11-20-18(13-26)17-5-3-4-6-19(17)25-20/h3-10,25H,11-13H2,1-2H3. The lowest BCUT2D eigenvalue weighted by Gasteiger charge is -2.27. The predicted molar refractivity (Wildman–Crippen MR) is 116 cm³/mol. The van der Waals surface area contributed by atoms with Gasteiger partial charge in [0, 0.05) is 47.2 Å². The highest BCUT2D eigenvalue weighted by molar-refractivity contribution is 7.17. The zero-order valence-corrected chi connectivity index (χ0v) is 17.2.